The van der Waals surface area contributed by atoms with Crippen LogP contribution in [0.3, 0.4) is 0 Å². The summed E-state index contributed by atoms with van der Waals surface area (Å²) in [5.74, 6) is 0.484. The molecule has 1 fully saturated rings. The third-order valence-corrected chi connectivity index (χ3v) is 7.11. The normalized spacial score (nSPS) is 15.5. The quantitative estimate of drug-likeness (QED) is 0.511. The number of anilines is 2. The van der Waals surface area contributed by atoms with Gasteiger partial charge in [0.1, 0.15) is 10.7 Å². The SMILES string of the molecule is CCN(CC)S(=O)(=O)c1ccc(NN=C(C)c2ccc(N3CCOCC3)cc2)nc1. The van der Waals surface area contributed by atoms with Crippen LogP contribution >= 0.6 is 0 Å². The van der Waals surface area contributed by atoms with Gasteiger partial charge >= 0.3 is 0 Å². The van der Waals surface area contributed by atoms with E-state index in [4.69, 9.17) is 4.74 Å². The van der Waals surface area contributed by atoms with Crippen molar-refractivity contribution in [3.05, 3.63) is 48.2 Å². The zero-order valence-electron chi connectivity index (χ0n) is 17.7. The third-order valence-electron chi connectivity index (χ3n) is 5.08. The second kappa shape index (κ2) is 10.0. The first-order chi connectivity index (χ1) is 14.5. The molecule has 1 N–H and O–H groups in total. The van der Waals surface area contributed by atoms with Gasteiger partial charge in [0.15, 0.2) is 0 Å². The van der Waals surface area contributed by atoms with Crippen LogP contribution in [-0.2, 0) is 14.8 Å². The van der Waals surface area contributed by atoms with Crippen LogP contribution < -0.4 is 10.3 Å². The van der Waals surface area contributed by atoms with Crippen molar-refractivity contribution in [2.45, 2.75) is 25.7 Å². The molecule has 9 heteroatoms. The number of rotatable bonds is 8. The van der Waals surface area contributed by atoms with Crippen molar-refractivity contribution < 1.29 is 13.2 Å². The molecule has 162 valence electrons. The van der Waals surface area contributed by atoms with Crippen molar-refractivity contribution in [3.63, 3.8) is 0 Å². The van der Waals surface area contributed by atoms with Gasteiger partial charge in [0.25, 0.3) is 0 Å². The molecule has 0 amide bonds. The first-order valence-electron chi connectivity index (χ1n) is 10.1. The van der Waals surface area contributed by atoms with Crippen molar-refractivity contribution in [3.8, 4) is 0 Å². The minimum atomic E-state index is -3.51. The Morgan fingerprint density at radius 1 is 1.13 bits per heavy atom. The zero-order valence-corrected chi connectivity index (χ0v) is 18.5. The van der Waals surface area contributed by atoms with Crippen LogP contribution in [0.2, 0.25) is 0 Å². The highest BCUT2D eigenvalue weighted by molar-refractivity contribution is 7.89. The van der Waals surface area contributed by atoms with Gasteiger partial charge in [-0.25, -0.2) is 13.4 Å². The molecule has 0 bridgehead atoms. The number of nitrogens with one attached hydrogen (secondary N) is 1. The summed E-state index contributed by atoms with van der Waals surface area (Å²) in [4.78, 5) is 6.67. The van der Waals surface area contributed by atoms with Gasteiger partial charge in [-0.1, -0.05) is 26.0 Å². The predicted octanol–water partition coefficient (Wildman–Crippen LogP) is 2.78. The molecule has 0 spiro atoms. The molecule has 1 aromatic carbocycles. The number of hydrogen-bond donors (Lipinski definition) is 1. The first-order valence-corrected chi connectivity index (χ1v) is 11.6. The van der Waals surface area contributed by atoms with Crippen LogP contribution in [0.4, 0.5) is 11.5 Å². The van der Waals surface area contributed by atoms with Gasteiger partial charge in [-0.15, -0.1) is 0 Å². The summed E-state index contributed by atoms with van der Waals surface area (Å²) in [6, 6.07) is 11.4. The Bertz CT molecular complexity index is 949. The standard InChI is InChI=1S/C21H29N5O3S/c1-4-26(5-2)30(27,28)20-10-11-21(22-16-20)24-23-17(3)18-6-8-19(9-7-18)25-12-14-29-15-13-25/h6-11,16H,4-5,12-15H2,1-3H3,(H,22,24). The highest BCUT2D eigenvalue weighted by atomic mass is 32.2. The molecule has 0 radical (unpaired) electrons. The van der Waals surface area contributed by atoms with Gasteiger partial charge < -0.3 is 9.64 Å². The van der Waals surface area contributed by atoms with Gasteiger partial charge in [0, 0.05) is 38.1 Å². The molecular weight excluding hydrogens is 402 g/mol. The zero-order chi connectivity index (χ0) is 21.6. The van der Waals surface area contributed by atoms with Crippen molar-refractivity contribution >= 4 is 27.2 Å². The lowest BCUT2D eigenvalue weighted by Crippen LogP contribution is -2.36. The molecule has 1 saturated heterocycles. The number of hydrazone groups is 1. The maximum Gasteiger partial charge on any atom is 0.244 e. The summed E-state index contributed by atoms with van der Waals surface area (Å²) in [5, 5.41) is 4.38. The Morgan fingerprint density at radius 2 is 1.80 bits per heavy atom. The molecule has 2 heterocycles. The van der Waals surface area contributed by atoms with E-state index in [1.165, 1.54) is 16.2 Å². The van der Waals surface area contributed by atoms with Gasteiger partial charge in [-0.05, 0) is 36.8 Å². The van der Waals surface area contributed by atoms with E-state index in [1.807, 2.05) is 32.9 Å². The molecule has 0 unspecified atom stereocenters. The lowest BCUT2D eigenvalue weighted by Gasteiger charge is -2.28. The van der Waals surface area contributed by atoms with E-state index in [0.29, 0.717) is 18.9 Å². The Labute approximate surface area is 178 Å². The molecule has 0 saturated carbocycles. The van der Waals surface area contributed by atoms with Crippen molar-refractivity contribution in [2.24, 2.45) is 5.10 Å². The fourth-order valence-corrected chi connectivity index (χ4v) is 4.66. The number of aromatic nitrogens is 1. The molecule has 1 aliphatic rings. The summed E-state index contributed by atoms with van der Waals surface area (Å²) in [5.41, 5.74) is 5.88. The van der Waals surface area contributed by atoms with E-state index in [1.54, 1.807) is 12.1 Å². The predicted molar refractivity (Wildman–Crippen MR) is 120 cm³/mol. The topological polar surface area (TPSA) is 87.1 Å². The van der Waals surface area contributed by atoms with E-state index in [2.05, 4.69) is 32.5 Å². The smallest absolute Gasteiger partial charge is 0.244 e. The Hall–Kier alpha value is -2.49. The van der Waals surface area contributed by atoms with Crippen molar-refractivity contribution in [2.75, 3.05) is 49.7 Å². The maximum absolute atomic E-state index is 12.5. The van der Waals surface area contributed by atoms with Gasteiger partial charge in [-0.2, -0.15) is 9.41 Å². The number of sulfonamides is 1. The summed E-state index contributed by atoms with van der Waals surface area (Å²) in [6.07, 6.45) is 1.36. The average molecular weight is 432 g/mol. The maximum atomic E-state index is 12.5. The van der Waals surface area contributed by atoms with Crippen molar-refractivity contribution in [1.82, 2.24) is 9.29 Å². The molecule has 2 aromatic rings. The lowest BCUT2D eigenvalue weighted by atomic mass is 10.1. The third kappa shape index (κ3) is 5.16. The number of benzene rings is 1. The van der Waals surface area contributed by atoms with Crippen LogP contribution in [0.5, 0.6) is 0 Å². The Balaban J connectivity index is 1.65. The van der Waals surface area contributed by atoms with Crippen LogP contribution in [-0.4, -0.2) is 62.8 Å². The number of nitrogens with zero attached hydrogens (tertiary/aromatic N) is 4. The molecule has 1 aliphatic heterocycles. The number of pyridine rings is 1. The van der Waals surface area contributed by atoms with E-state index in [9.17, 15) is 8.42 Å². The lowest BCUT2D eigenvalue weighted by molar-refractivity contribution is 0.122. The van der Waals surface area contributed by atoms with Crippen LogP contribution in [0, 0.1) is 0 Å². The van der Waals surface area contributed by atoms with E-state index in [0.717, 1.165) is 37.6 Å². The summed E-state index contributed by atoms with van der Waals surface area (Å²) in [6.45, 7) is 9.71. The highest BCUT2D eigenvalue weighted by Gasteiger charge is 2.21. The van der Waals surface area contributed by atoms with Crippen LogP contribution in [0.1, 0.15) is 26.3 Å². The van der Waals surface area contributed by atoms with E-state index < -0.39 is 10.0 Å². The monoisotopic (exact) mass is 431 g/mol. The molecule has 3 rings (SSSR count). The molecule has 8 nitrogen and oxygen atoms in total. The van der Waals surface area contributed by atoms with Gasteiger partial charge in [-0.3, -0.25) is 5.43 Å². The summed E-state index contributed by atoms with van der Waals surface area (Å²) < 4.78 is 31.9. The van der Waals surface area contributed by atoms with E-state index in [-0.39, 0.29) is 4.90 Å². The minimum Gasteiger partial charge on any atom is -0.378 e. The van der Waals surface area contributed by atoms with Gasteiger partial charge in [0.2, 0.25) is 10.0 Å². The highest BCUT2D eigenvalue weighted by Crippen LogP contribution is 2.18. The first kappa shape index (κ1) is 22.2. The Morgan fingerprint density at radius 3 is 2.37 bits per heavy atom. The Kier molecular flexibility index (Phi) is 7.41. The average Bonchev–Trinajstić information content (AvgIpc) is 2.79. The fourth-order valence-electron chi connectivity index (χ4n) is 3.25. The van der Waals surface area contributed by atoms with Gasteiger partial charge in [0.05, 0.1) is 18.9 Å². The minimum absolute atomic E-state index is 0.177. The van der Waals surface area contributed by atoms with Crippen LogP contribution in [0.25, 0.3) is 0 Å². The van der Waals surface area contributed by atoms with Crippen LogP contribution in [0.15, 0.2) is 52.6 Å². The fraction of sp³-hybridized carbons (Fsp3) is 0.429. The number of ether oxygens (including phenoxy) is 1. The number of hydrogen-bond acceptors (Lipinski definition) is 7. The molecular formula is C21H29N5O3S. The summed E-state index contributed by atoms with van der Waals surface area (Å²) >= 11 is 0. The molecule has 0 atom stereocenters. The molecule has 0 aliphatic carbocycles. The largest absolute Gasteiger partial charge is 0.378 e. The number of morpholine rings is 1. The second-order valence-corrected chi connectivity index (χ2v) is 8.86. The van der Waals surface area contributed by atoms with E-state index >= 15 is 0 Å². The second-order valence-electron chi connectivity index (χ2n) is 6.92. The summed E-state index contributed by atoms with van der Waals surface area (Å²) in [7, 11) is -3.51. The molecule has 1 aromatic heterocycles. The van der Waals surface area contributed by atoms with Crippen molar-refractivity contribution in [1.29, 1.82) is 0 Å². The molecule has 30 heavy (non-hydrogen) atoms.